The Balaban J connectivity index is 1.60. The molecule has 1 fully saturated rings. The number of aliphatic hydroxyl groups is 1. The number of alkyl halides is 3. The van der Waals surface area contributed by atoms with E-state index >= 15 is 0 Å². The highest BCUT2D eigenvalue weighted by Gasteiger charge is 2.51. The molecule has 2 aromatic carbocycles. The third-order valence-electron chi connectivity index (χ3n) is 6.79. The lowest BCUT2D eigenvalue weighted by molar-refractivity contribution is -0.258. The topological polar surface area (TPSA) is 91.8 Å². The van der Waals surface area contributed by atoms with E-state index in [4.69, 9.17) is 16.3 Å². The van der Waals surface area contributed by atoms with Crippen LogP contribution in [0.25, 0.3) is 21.3 Å². The second-order valence-corrected chi connectivity index (χ2v) is 12.7. The largest absolute Gasteiger partial charge is 0.421 e. The van der Waals surface area contributed by atoms with E-state index in [1.807, 2.05) is 12.1 Å². The molecule has 0 aliphatic carbocycles. The van der Waals surface area contributed by atoms with Crippen LogP contribution >= 0.6 is 22.9 Å². The number of benzene rings is 2. The molecule has 1 unspecified atom stereocenters. The smallest absolute Gasteiger partial charge is 0.379 e. The Morgan fingerprint density at radius 3 is 2.52 bits per heavy atom. The first-order valence-corrected chi connectivity index (χ1v) is 14.9. The molecule has 1 aliphatic heterocycles. The van der Waals surface area contributed by atoms with Gasteiger partial charge in [0.2, 0.25) is 0 Å². The van der Waals surface area contributed by atoms with Crippen molar-refractivity contribution in [1.29, 1.82) is 0 Å². The maximum absolute atomic E-state index is 13.5. The van der Waals surface area contributed by atoms with Crippen LogP contribution in [0.15, 0.2) is 66.9 Å². The summed E-state index contributed by atoms with van der Waals surface area (Å²) in [5.41, 5.74) is -2.07. The van der Waals surface area contributed by atoms with Crippen LogP contribution in [0.5, 0.6) is 0 Å². The van der Waals surface area contributed by atoms with Crippen molar-refractivity contribution >= 4 is 43.2 Å². The summed E-state index contributed by atoms with van der Waals surface area (Å²) in [6.07, 6.45) is -3.66. The zero-order valence-electron chi connectivity index (χ0n) is 21.2. The zero-order chi connectivity index (χ0) is 28.7. The van der Waals surface area contributed by atoms with Gasteiger partial charge in [-0.05, 0) is 47.7 Å². The van der Waals surface area contributed by atoms with Crippen molar-refractivity contribution in [3.63, 3.8) is 0 Å². The van der Waals surface area contributed by atoms with Crippen LogP contribution in [-0.4, -0.2) is 55.3 Å². The predicted octanol–water partition coefficient (Wildman–Crippen LogP) is 5.64. The van der Waals surface area contributed by atoms with Gasteiger partial charge < -0.3 is 9.84 Å². The molecular weight excluding hydrogens is 587 g/mol. The third kappa shape index (κ3) is 5.62. The van der Waals surface area contributed by atoms with Crippen molar-refractivity contribution < 1.29 is 31.4 Å². The summed E-state index contributed by atoms with van der Waals surface area (Å²) in [5.74, 6) is 0. The highest BCUT2D eigenvalue weighted by Crippen LogP contribution is 2.42. The molecule has 1 aliphatic rings. The minimum atomic E-state index is -4.88. The van der Waals surface area contributed by atoms with E-state index in [0.717, 1.165) is 11.5 Å². The molecular formula is C27H25ClF3N3O4S2. The van der Waals surface area contributed by atoms with Gasteiger partial charge in [-0.25, -0.2) is 0 Å². The Kier molecular flexibility index (Phi) is 7.96. The number of thiophene rings is 1. The fourth-order valence-electron chi connectivity index (χ4n) is 4.47. The standard InChI is InChI=1S/C27H25ClF3N3O4S2/c1-26(35,27(29,30)31)18-9-10-32-22(16-18)20-7-4-5-17-15-23(39-25(17)20)24(19-6-2-3-8-21(19)28)33-40(36,37)34-11-13-38-14-12-34/h2-10,15-16,24,33,35H,11-14H2,1H3/t24?,26-/m1/s1. The number of nitrogens with one attached hydrogen (secondary N) is 1. The number of rotatable bonds is 7. The van der Waals surface area contributed by atoms with E-state index < -0.39 is 28.0 Å². The summed E-state index contributed by atoms with van der Waals surface area (Å²) in [5, 5.41) is 11.3. The molecule has 40 heavy (non-hydrogen) atoms. The van der Waals surface area contributed by atoms with Gasteiger partial charge >= 0.3 is 6.18 Å². The molecule has 4 aromatic rings. The fraction of sp³-hybridized carbons (Fsp3) is 0.296. The number of halogens is 4. The van der Waals surface area contributed by atoms with Gasteiger partial charge in [-0.3, -0.25) is 4.98 Å². The van der Waals surface area contributed by atoms with Gasteiger partial charge in [-0.1, -0.05) is 48.0 Å². The maximum Gasteiger partial charge on any atom is 0.421 e. The van der Waals surface area contributed by atoms with Crippen molar-refractivity contribution in [2.75, 3.05) is 26.3 Å². The molecule has 212 valence electrons. The second-order valence-electron chi connectivity index (χ2n) is 9.46. The molecule has 1 saturated heterocycles. The Labute approximate surface area is 238 Å². The van der Waals surface area contributed by atoms with Gasteiger partial charge in [0.15, 0.2) is 5.60 Å². The average Bonchev–Trinajstić information content (AvgIpc) is 3.36. The van der Waals surface area contributed by atoms with Gasteiger partial charge in [0.05, 0.1) is 24.9 Å². The molecule has 5 rings (SSSR count). The van der Waals surface area contributed by atoms with E-state index in [9.17, 15) is 26.7 Å². The van der Waals surface area contributed by atoms with E-state index in [1.165, 1.54) is 27.9 Å². The Morgan fingerprint density at radius 1 is 1.10 bits per heavy atom. The van der Waals surface area contributed by atoms with Crippen LogP contribution in [0.2, 0.25) is 5.02 Å². The van der Waals surface area contributed by atoms with Crippen LogP contribution in [0.3, 0.4) is 0 Å². The van der Waals surface area contributed by atoms with Crippen molar-refractivity contribution in [2.45, 2.75) is 24.7 Å². The molecule has 0 bridgehead atoms. The zero-order valence-corrected chi connectivity index (χ0v) is 23.5. The molecule has 2 aromatic heterocycles. The lowest BCUT2D eigenvalue weighted by Crippen LogP contribution is -2.47. The van der Waals surface area contributed by atoms with Crippen LogP contribution in [-0.2, 0) is 20.5 Å². The molecule has 0 saturated carbocycles. The van der Waals surface area contributed by atoms with Gasteiger partial charge in [0, 0.05) is 39.4 Å². The first kappa shape index (κ1) is 28.9. The Bertz CT molecular complexity index is 1640. The van der Waals surface area contributed by atoms with Crippen molar-refractivity contribution in [3.05, 3.63) is 87.9 Å². The average molecular weight is 612 g/mol. The van der Waals surface area contributed by atoms with E-state index in [1.54, 1.807) is 36.4 Å². The fourth-order valence-corrected chi connectivity index (χ4v) is 7.37. The van der Waals surface area contributed by atoms with E-state index in [-0.39, 0.29) is 37.6 Å². The number of hydrogen-bond acceptors (Lipinski definition) is 6. The Morgan fingerprint density at radius 2 is 1.82 bits per heavy atom. The highest BCUT2D eigenvalue weighted by atomic mass is 35.5. The van der Waals surface area contributed by atoms with Crippen LogP contribution in [0.4, 0.5) is 13.2 Å². The number of nitrogens with zero attached hydrogens (tertiary/aromatic N) is 2. The molecule has 7 nitrogen and oxygen atoms in total. The van der Waals surface area contributed by atoms with E-state index in [2.05, 4.69) is 9.71 Å². The molecule has 2 atom stereocenters. The van der Waals surface area contributed by atoms with Gasteiger partial charge in [-0.15, -0.1) is 11.3 Å². The lowest BCUT2D eigenvalue weighted by Gasteiger charge is -2.28. The van der Waals surface area contributed by atoms with Crippen LogP contribution in [0.1, 0.15) is 29.0 Å². The summed E-state index contributed by atoms with van der Waals surface area (Å²) < 4.78 is 77.4. The minimum absolute atomic E-state index is 0.213. The normalized spacial score (nSPS) is 17.6. The molecule has 0 spiro atoms. The SMILES string of the molecule is C[C@@](O)(c1ccnc(-c2cccc3cc(C(NS(=O)(=O)N4CCOCC4)c4ccccc4Cl)sc23)c1)C(F)(F)F. The lowest BCUT2D eigenvalue weighted by atomic mass is 9.94. The van der Waals surface area contributed by atoms with Gasteiger partial charge in [-0.2, -0.15) is 30.6 Å². The third-order valence-corrected chi connectivity index (χ3v) is 9.96. The van der Waals surface area contributed by atoms with Crippen molar-refractivity contribution in [2.24, 2.45) is 0 Å². The summed E-state index contributed by atoms with van der Waals surface area (Å²) in [4.78, 5) is 4.91. The molecule has 0 radical (unpaired) electrons. The predicted molar refractivity (Wildman–Crippen MR) is 148 cm³/mol. The van der Waals surface area contributed by atoms with Gasteiger partial charge in [0.25, 0.3) is 10.2 Å². The second kappa shape index (κ2) is 11.0. The minimum Gasteiger partial charge on any atom is -0.379 e. The van der Waals surface area contributed by atoms with Crippen molar-refractivity contribution in [3.8, 4) is 11.3 Å². The van der Waals surface area contributed by atoms with Crippen LogP contribution in [0, 0.1) is 0 Å². The number of ether oxygens (including phenoxy) is 1. The molecule has 13 heteroatoms. The summed E-state index contributed by atoms with van der Waals surface area (Å²) >= 11 is 7.80. The summed E-state index contributed by atoms with van der Waals surface area (Å²) in [6.45, 7) is 1.70. The quantitative estimate of drug-likeness (QED) is 0.282. The van der Waals surface area contributed by atoms with Gasteiger partial charge in [0.1, 0.15) is 0 Å². The first-order valence-electron chi connectivity index (χ1n) is 12.3. The molecule has 2 N–H and O–H groups in total. The monoisotopic (exact) mass is 611 g/mol. The first-order chi connectivity index (χ1) is 18.9. The van der Waals surface area contributed by atoms with Crippen molar-refractivity contribution in [1.82, 2.24) is 14.0 Å². The maximum atomic E-state index is 13.5. The molecule has 3 heterocycles. The number of morpholine rings is 1. The number of fused-ring (bicyclic) bond motifs is 1. The number of pyridine rings is 1. The van der Waals surface area contributed by atoms with Crippen LogP contribution < -0.4 is 4.72 Å². The number of hydrogen-bond donors (Lipinski definition) is 2. The summed E-state index contributed by atoms with van der Waals surface area (Å²) in [6, 6.07) is 15.6. The molecule has 0 amide bonds. The Hall–Kier alpha value is -2.58. The summed E-state index contributed by atoms with van der Waals surface area (Å²) in [7, 11) is -3.93. The number of aromatic nitrogens is 1. The highest BCUT2D eigenvalue weighted by molar-refractivity contribution is 7.87. The van der Waals surface area contributed by atoms with E-state index in [0.29, 0.717) is 32.7 Å².